The van der Waals surface area contributed by atoms with Crippen LogP contribution in [0.25, 0.3) is 0 Å². The molecular formula is C13H22BrN3O. The van der Waals surface area contributed by atoms with Crippen molar-refractivity contribution >= 4 is 15.9 Å². The van der Waals surface area contributed by atoms with Gasteiger partial charge in [-0.1, -0.05) is 6.92 Å². The molecule has 1 fully saturated rings. The van der Waals surface area contributed by atoms with E-state index < -0.39 is 0 Å². The number of aromatic nitrogens is 2. The molecule has 2 N–H and O–H groups in total. The van der Waals surface area contributed by atoms with Crippen LogP contribution in [0, 0.1) is 12.8 Å². The first kappa shape index (κ1) is 14.0. The summed E-state index contributed by atoms with van der Waals surface area (Å²) < 4.78 is 8.86. The predicted molar refractivity (Wildman–Crippen MR) is 75.5 cm³/mol. The molecule has 3 atom stereocenters. The van der Waals surface area contributed by atoms with Crippen LogP contribution in [0.4, 0.5) is 0 Å². The SMILES string of the molecule is CCn1nc(C)c(Br)c1CC(N)C1OCCC1C. The summed E-state index contributed by atoms with van der Waals surface area (Å²) in [4.78, 5) is 0. The Bertz CT molecular complexity index is 419. The van der Waals surface area contributed by atoms with Crippen LogP contribution in [0.1, 0.15) is 31.7 Å². The van der Waals surface area contributed by atoms with E-state index in [9.17, 15) is 0 Å². The molecule has 1 aromatic heterocycles. The molecule has 18 heavy (non-hydrogen) atoms. The fourth-order valence-corrected chi connectivity index (χ4v) is 3.11. The number of halogens is 1. The number of ether oxygens (including phenoxy) is 1. The van der Waals surface area contributed by atoms with Crippen molar-refractivity contribution in [3.63, 3.8) is 0 Å². The van der Waals surface area contributed by atoms with Gasteiger partial charge in [-0.05, 0) is 42.1 Å². The molecule has 4 nitrogen and oxygen atoms in total. The van der Waals surface area contributed by atoms with E-state index in [4.69, 9.17) is 10.5 Å². The minimum Gasteiger partial charge on any atom is -0.376 e. The Hall–Kier alpha value is -0.390. The number of nitrogens with two attached hydrogens (primary N) is 1. The maximum absolute atomic E-state index is 6.32. The number of hydrogen-bond acceptors (Lipinski definition) is 3. The molecule has 1 aliphatic heterocycles. The second kappa shape index (κ2) is 5.72. The Morgan fingerprint density at radius 1 is 1.61 bits per heavy atom. The van der Waals surface area contributed by atoms with Crippen molar-refractivity contribution in [3.05, 3.63) is 15.9 Å². The van der Waals surface area contributed by atoms with Gasteiger partial charge in [-0.15, -0.1) is 0 Å². The van der Waals surface area contributed by atoms with Gasteiger partial charge in [0, 0.05) is 25.6 Å². The van der Waals surface area contributed by atoms with Crippen molar-refractivity contribution in [1.29, 1.82) is 0 Å². The molecule has 2 heterocycles. The van der Waals surface area contributed by atoms with E-state index in [1.54, 1.807) is 0 Å². The third-order valence-corrected chi connectivity index (χ3v) is 4.78. The van der Waals surface area contributed by atoms with E-state index in [0.29, 0.717) is 5.92 Å². The molecule has 0 aromatic carbocycles. The van der Waals surface area contributed by atoms with E-state index in [1.165, 1.54) is 5.69 Å². The number of aryl methyl sites for hydroxylation is 2. The van der Waals surface area contributed by atoms with Crippen LogP contribution in [0.3, 0.4) is 0 Å². The van der Waals surface area contributed by atoms with E-state index in [-0.39, 0.29) is 12.1 Å². The Morgan fingerprint density at radius 2 is 2.33 bits per heavy atom. The van der Waals surface area contributed by atoms with Crippen LogP contribution in [0.2, 0.25) is 0 Å². The second-order valence-electron chi connectivity index (χ2n) is 5.13. The Labute approximate surface area is 117 Å². The molecule has 0 bridgehead atoms. The van der Waals surface area contributed by atoms with Gasteiger partial charge in [0.15, 0.2) is 0 Å². The van der Waals surface area contributed by atoms with Gasteiger partial charge in [-0.25, -0.2) is 0 Å². The summed E-state index contributed by atoms with van der Waals surface area (Å²) in [6.07, 6.45) is 2.10. The number of nitrogens with zero attached hydrogens (tertiary/aromatic N) is 2. The highest BCUT2D eigenvalue weighted by Gasteiger charge is 2.31. The zero-order chi connectivity index (χ0) is 13.3. The van der Waals surface area contributed by atoms with Gasteiger partial charge >= 0.3 is 0 Å². The van der Waals surface area contributed by atoms with Crippen LogP contribution in [-0.2, 0) is 17.7 Å². The highest BCUT2D eigenvalue weighted by Crippen LogP contribution is 2.27. The van der Waals surface area contributed by atoms with Gasteiger partial charge in [0.2, 0.25) is 0 Å². The zero-order valence-electron chi connectivity index (χ0n) is 11.3. The summed E-state index contributed by atoms with van der Waals surface area (Å²) >= 11 is 3.61. The molecule has 0 radical (unpaired) electrons. The van der Waals surface area contributed by atoms with Gasteiger partial charge < -0.3 is 10.5 Å². The monoisotopic (exact) mass is 315 g/mol. The lowest BCUT2D eigenvalue weighted by Crippen LogP contribution is -2.40. The van der Waals surface area contributed by atoms with Crippen molar-refractivity contribution in [2.24, 2.45) is 11.7 Å². The van der Waals surface area contributed by atoms with Crippen molar-refractivity contribution < 1.29 is 4.74 Å². The lowest BCUT2D eigenvalue weighted by atomic mass is 9.95. The van der Waals surface area contributed by atoms with Crippen molar-refractivity contribution in [2.45, 2.75) is 52.3 Å². The normalized spacial score (nSPS) is 25.6. The molecule has 2 rings (SSSR count). The highest BCUT2D eigenvalue weighted by atomic mass is 79.9. The molecule has 0 amide bonds. The summed E-state index contributed by atoms with van der Waals surface area (Å²) in [7, 11) is 0. The molecule has 0 saturated carbocycles. The average molecular weight is 316 g/mol. The van der Waals surface area contributed by atoms with E-state index in [2.05, 4.69) is 34.9 Å². The van der Waals surface area contributed by atoms with E-state index in [1.807, 2.05) is 11.6 Å². The Kier molecular flexibility index (Phi) is 4.45. The predicted octanol–water partition coefficient (Wildman–Crippen LogP) is 2.27. The van der Waals surface area contributed by atoms with E-state index >= 15 is 0 Å². The smallest absolute Gasteiger partial charge is 0.0756 e. The molecule has 102 valence electrons. The van der Waals surface area contributed by atoms with Gasteiger partial charge in [0.25, 0.3) is 0 Å². The molecule has 0 spiro atoms. The van der Waals surface area contributed by atoms with Crippen molar-refractivity contribution in [1.82, 2.24) is 9.78 Å². The van der Waals surface area contributed by atoms with Crippen molar-refractivity contribution in [3.8, 4) is 0 Å². The fraction of sp³-hybridized carbons (Fsp3) is 0.769. The summed E-state index contributed by atoms with van der Waals surface area (Å²) in [6, 6.07) is 0.0419. The topological polar surface area (TPSA) is 53.1 Å². The first-order valence-corrected chi connectivity index (χ1v) is 7.42. The van der Waals surface area contributed by atoms with Gasteiger partial charge in [-0.3, -0.25) is 4.68 Å². The molecular weight excluding hydrogens is 294 g/mol. The standard InChI is InChI=1S/C13H22BrN3O/c1-4-17-11(12(14)9(3)16-17)7-10(15)13-8(2)5-6-18-13/h8,10,13H,4-7,15H2,1-3H3. The summed E-state index contributed by atoms with van der Waals surface area (Å²) in [6.45, 7) is 8.04. The largest absolute Gasteiger partial charge is 0.376 e. The number of hydrogen-bond donors (Lipinski definition) is 1. The molecule has 5 heteroatoms. The second-order valence-corrected chi connectivity index (χ2v) is 5.92. The average Bonchev–Trinajstić information content (AvgIpc) is 2.87. The first-order valence-electron chi connectivity index (χ1n) is 6.63. The molecule has 0 aliphatic carbocycles. The minimum absolute atomic E-state index is 0.0419. The first-order chi connectivity index (χ1) is 8.54. The third kappa shape index (κ3) is 2.63. The van der Waals surface area contributed by atoms with E-state index in [0.717, 1.165) is 36.2 Å². The van der Waals surface area contributed by atoms with Crippen molar-refractivity contribution in [2.75, 3.05) is 6.61 Å². The quantitative estimate of drug-likeness (QED) is 0.927. The molecule has 1 saturated heterocycles. The van der Waals surface area contributed by atoms with Crippen LogP contribution in [-0.4, -0.2) is 28.5 Å². The third-order valence-electron chi connectivity index (χ3n) is 3.75. The van der Waals surface area contributed by atoms with Crippen LogP contribution in [0.15, 0.2) is 4.47 Å². The zero-order valence-corrected chi connectivity index (χ0v) is 12.9. The summed E-state index contributed by atoms with van der Waals surface area (Å²) in [5, 5.41) is 4.50. The Morgan fingerprint density at radius 3 is 2.89 bits per heavy atom. The molecule has 1 aliphatic rings. The van der Waals surface area contributed by atoms with Gasteiger partial charge in [0.05, 0.1) is 22.0 Å². The lowest BCUT2D eigenvalue weighted by Gasteiger charge is -2.22. The maximum Gasteiger partial charge on any atom is 0.0756 e. The Balaban J connectivity index is 2.13. The highest BCUT2D eigenvalue weighted by molar-refractivity contribution is 9.10. The fourth-order valence-electron chi connectivity index (χ4n) is 2.67. The lowest BCUT2D eigenvalue weighted by molar-refractivity contribution is 0.0720. The van der Waals surface area contributed by atoms with Crippen LogP contribution in [0.5, 0.6) is 0 Å². The van der Waals surface area contributed by atoms with Crippen LogP contribution >= 0.6 is 15.9 Å². The number of rotatable bonds is 4. The summed E-state index contributed by atoms with van der Waals surface area (Å²) in [5.74, 6) is 0.554. The summed E-state index contributed by atoms with van der Waals surface area (Å²) in [5.41, 5.74) is 8.53. The minimum atomic E-state index is 0.0419. The molecule has 1 aromatic rings. The van der Waals surface area contributed by atoms with Gasteiger partial charge in [-0.2, -0.15) is 5.10 Å². The van der Waals surface area contributed by atoms with Crippen LogP contribution < -0.4 is 5.73 Å². The maximum atomic E-state index is 6.32. The molecule has 3 unspecified atom stereocenters. The van der Waals surface area contributed by atoms with Gasteiger partial charge in [0.1, 0.15) is 0 Å².